The van der Waals surface area contributed by atoms with Crippen LogP contribution in [0.2, 0.25) is 0 Å². The van der Waals surface area contributed by atoms with Gasteiger partial charge in [-0.2, -0.15) is 0 Å². The van der Waals surface area contributed by atoms with E-state index in [1.165, 1.54) is 31.3 Å². The van der Waals surface area contributed by atoms with Crippen molar-refractivity contribution in [2.75, 3.05) is 12.4 Å². The first-order valence-corrected chi connectivity index (χ1v) is 10.5. The van der Waals surface area contributed by atoms with Gasteiger partial charge in [-0.15, -0.1) is 0 Å². The standard InChI is InChI=1S/C20H23N3O4S/c1-13(14-5-9-17(10-6-14)23-20(25)15-3-4-15)22-19(24)16-7-11-18(12-8-16)28(26,27)21-2/h5-13,15,21H,3-4H2,1-2H3,(H,22,24)(H,23,25). The maximum absolute atomic E-state index is 12.4. The molecule has 1 unspecified atom stereocenters. The van der Waals surface area contributed by atoms with E-state index in [2.05, 4.69) is 15.4 Å². The first kappa shape index (κ1) is 20.0. The van der Waals surface area contributed by atoms with Gasteiger partial charge in [0, 0.05) is 17.2 Å². The zero-order valence-corrected chi connectivity index (χ0v) is 16.5. The molecule has 2 amide bonds. The van der Waals surface area contributed by atoms with Gasteiger partial charge >= 0.3 is 0 Å². The molecule has 0 saturated heterocycles. The summed E-state index contributed by atoms with van der Waals surface area (Å²) in [6, 6.07) is 12.8. The van der Waals surface area contributed by atoms with Crippen LogP contribution in [0, 0.1) is 5.92 Å². The average Bonchev–Trinajstić information content (AvgIpc) is 3.54. The summed E-state index contributed by atoms with van der Waals surface area (Å²) in [5.41, 5.74) is 2.00. The molecule has 148 valence electrons. The maximum Gasteiger partial charge on any atom is 0.251 e. The third kappa shape index (κ3) is 4.76. The Morgan fingerprint density at radius 2 is 1.61 bits per heavy atom. The van der Waals surface area contributed by atoms with Gasteiger partial charge in [0.05, 0.1) is 10.9 Å². The first-order chi connectivity index (χ1) is 13.3. The largest absolute Gasteiger partial charge is 0.346 e. The fourth-order valence-corrected chi connectivity index (χ4v) is 3.44. The normalized spacial score (nSPS) is 14.9. The third-order valence-corrected chi connectivity index (χ3v) is 6.10. The highest BCUT2D eigenvalue weighted by atomic mass is 32.2. The fraction of sp³-hybridized carbons (Fsp3) is 0.300. The Bertz CT molecular complexity index is 966. The van der Waals surface area contributed by atoms with Crippen molar-refractivity contribution in [2.45, 2.75) is 30.7 Å². The van der Waals surface area contributed by atoms with Crippen molar-refractivity contribution in [1.82, 2.24) is 10.0 Å². The molecule has 28 heavy (non-hydrogen) atoms. The Balaban J connectivity index is 1.61. The van der Waals surface area contributed by atoms with E-state index in [1.807, 2.05) is 31.2 Å². The number of anilines is 1. The Kier molecular flexibility index (Phi) is 5.81. The van der Waals surface area contributed by atoms with E-state index in [9.17, 15) is 18.0 Å². The lowest BCUT2D eigenvalue weighted by molar-refractivity contribution is -0.117. The van der Waals surface area contributed by atoms with Crippen molar-refractivity contribution in [3.05, 3.63) is 59.7 Å². The van der Waals surface area contributed by atoms with E-state index in [4.69, 9.17) is 0 Å². The molecular formula is C20H23N3O4S. The molecule has 1 atom stereocenters. The third-order valence-electron chi connectivity index (χ3n) is 4.67. The summed E-state index contributed by atoms with van der Waals surface area (Å²) in [7, 11) is -2.20. The lowest BCUT2D eigenvalue weighted by atomic mass is 10.1. The molecule has 0 radical (unpaired) electrons. The van der Waals surface area contributed by atoms with E-state index in [0.29, 0.717) is 5.56 Å². The molecule has 0 bridgehead atoms. The summed E-state index contributed by atoms with van der Waals surface area (Å²) in [6.45, 7) is 1.86. The van der Waals surface area contributed by atoms with Crippen LogP contribution >= 0.6 is 0 Å². The number of carbonyl (C=O) groups excluding carboxylic acids is 2. The predicted octanol–water partition coefficient (Wildman–Crippen LogP) is 2.43. The molecule has 0 aromatic heterocycles. The molecule has 8 heteroatoms. The second kappa shape index (κ2) is 8.12. The van der Waals surface area contributed by atoms with E-state index in [-0.39, 0.29) is 28.7 Å². The Hall–Kier alpha value is -2.71. The number of hydrogen-bond donors (Lipinski definition) is 3. The number of carbonyl (C=O) groups is 2. The molecule has 0 aliphatic heterocycles. The minimum absolute atomic E-state index is 0.0536. The average molecular weight is 401 g/mol. The second-order valence-corrected chi connectivity index (χ2v) is 8.70. The van der Waals surface area contributed by atoms with Crippen LogP contribution in [0.3, 0.4) is 0 Å². The quantitative estimate of drug-likeness (QED) is 0.663. The zero-order valence-electron chi connectivity index (χ0n) is 15.7. The van der Waals surface area contributed by atoms with Crippen LogP contribution in [0.15, 0.2) is 53.4 Å². The molecule has 1 aliphatic carbocycles. The van der Waals surface area contributed by atoms with Gasteiger partial charge in [-0.05, 0) is 68.8 Å². The van der Waals surface area contributed by atoms with E-state index in [0.717, 1.165) is 24.1 Å². The molecule has 3 N–H and O–H groups in total. The number of sulfonamides is 1. The molecule has 1 aliphatic rings. The number of nitrogens with one attached hydrogen (secondary N) is 3. The summed E-state index contributed by atoms with van der Waals surface area (Å²) in [4.78, 5) is 24.3. The number of rotatable bonds is 7. The van der Waals surface area contributed by atoms with Crippen LogP contribution in [0.25, 0.3) is 0 Å². The van der Waals surface area contributed by atoms with Gasteiger partial charge in [0.1, 0.15) is 0 Å². The Labute approximate surface area is 164 Å². The molecular weight excluding hydrogens is 378 g/mol. The Morgan fingerprint density at radius 1 is 1.00 bits per heavy atom. The smallest absolute Gasteiger partial charge is 0.251 e. The zero-order chi connectivity index (χ0) is 20.3. The summed E-state index contributed by atoms with van der Waals surface area (Å²) in [5.74, 6) is -0.0998. The maximum atomic E-state index is 12.4. The van der Waals surface area contributed by atoms with E-state index >= 15 is 0 Å². The van der Waals surface area contributed by atoms with Crippen LogP contribution in [-0.2, 0) is 14.8 Å². The molecule has 3 rings (SSSR count). The van der Waals surface area contributed by atoms with E-state index < -0.39 is 10.0 Å². The number of benzene rings is 2. The fourth-order valence-electron chi connectivity index (χ4n) is 2.71. The van der Waals surface area contributed by atoms with Crippen molar-refractivity contribution in [1.29, 1.82) is 0 Å². The van der Waals surface area contributed by atoms with Crippen LogP contribution in [-0.4, -0.2) is 27.3 Å². The highest BCUT2D eigenvalue weighted by molar-refractivity contribution is 7.89. The monoisotopic (exact) mass is 401 g/mol. The summed E-state index contributed by atoms with van der Waals surface area (Å²) in [5, 5.41) is 5.76. The van der Waals surface area contributed by atoms with Gasteiger partial charge in [-0.3, -0.25) is 9.59 Å². The van der Waals surface area contributed by atoms with Crippen LogP contribution < -0.4 is 15.4 Å². The number of hydrogen-bond acceptors (Lipinski definition) is 4. The molecule has 0 spiro atoms. The van der Waals surface area contributed by atoms with Gasteiger partial charge in [0.15, 0.2) is 0 Å². The minimum atomic E-state index is -3.53. The van der Waals surface area contributed by atoms with Gasteiger partial charge < -0.3 is 10.6 Å². The molecule has 7 nitrogen and oxygen atoms in total. The number of amides is 2. The Morgan fingerprint density at radius 3 is 2.14 bits per heavy atom. The molecule has 1 fully saturated rings. The van der Waals surface area contributed by atoms with Gasteiger partial charge in [0.2, 0.25) is 15.9 Å². The second-order valence-electron chi connectivity index (χ2n) is 6.81. The lowest BCUT2D eigenvalue weighted by Gasteiger charge is -2.15. The lowest BCUT2D eigenvalue weighted by Crippen LogP contribution is -2.26. The molecule has 1 saturated carbocycles. The van der Waals surface area contributed by atoms with Crippen molar-refractivity contribution in [3.63, 3.8) is 0 Å². The topological polar surface area (TPSA) is 104 Å². The van der Waals surface area contributed by atoms with Gasteiger partial charge in [-0.1, -0.05) is 12.1 Å². The van der Waals surface area contributed by atoms with Crippen LogP contribution in [0.5, 0.6) is 0 Å². The van der Waals surface area contributed by atoms with Gasteiger partial charge in [-0.25, -0.2) is 13.1 Å². The highest BCUT2D eigenvalue weighted by Crippen LogP contribution is 2.30. The van der Waals surface area contributed by atoms with Crippen LogP contribution in [0.1, 0.15) is 41.7 Å². The first-order valence-electron chi connectivity index (χ1n) is 9.05. The van der Waals surface area contributed by atoms with Gasteiger partial charge in [0.25, 0.3) is 5.91 Å². The van der Waals surface area contributed by atoms with E-state index in [1.54, 1.807) is 0 Å². The molecule has 0 heterocycles. The van der Waals surface area contributed by atoms with Crippen molar-refractivity contribution < 1.29 is 18.0 Å². The molecule has 2 aromatic carbocycles. The van der Waals surface area contributed by atoms with Crippen molar-refractivity contribution in [3.8, 4) is 0 Å². The molecule has 2 aromatic rings. The SMILES string of the molecule is CNS(=O)(=O)c1ccc(C(=O)NC(C)c2ccc(NC(=O)C3CC3)cc2)cc1. The van der Waals surface area contributed by atoms with Crippen molar-refractivity contribution in [2.24, 2.45) is 5.92 Å². The summed E-state index contributed by atoms with van der Waals surface area (Å²) in [6.07, 6.45) is 1.91. The van der Waals surface area contributed by atoms with Crippen molar-refractivity contribution >= 4 is 27.5 Å². The summed E-state index contributed by atoms with van der Waals surface area (Å²) < 4.78 is 25.7. The minimum Gasteiger partial charge on any atom is -0.346 e. The van der Waals surface area contributed by atoms with Crippen LogP contribution in [0.4, 0.5) is 5.69 Å². The summed E-state index contributed by atoms with van der Waals surface area (Å²) >= 11 is 0. The highest BCUT2D eigenvalue weighted by Gasteiger charge is 2.29. The predicted molar refractivity (Wildman–Crippen MR) is 106 cm³/mol.